The van der Waals surface area contributed by atoms with Crippen LogP contribution in [-0.4, -0.2) is 40.4 Å². The van der Waals surface area contributed by atoms with Gasteiger partial charge in [-0.2, -0.15) is 0 Å². The largest absolute Gasteiger partial charge is 0.507 e. The molecule has 0 radical (unpaired) electrons. The van der Waals surface area contributed by atoms with E-state index in [-0.39, 0.29) is 17.7 Å². The summed E-state index contributed by atoms with van der Waals surface area (Å²) in [5, 5.41) is 14.2. The van der Waals surface area contributed by atoms with Gasteiger partial charge in [0.2, 0.25) is 5.91 Å². The lowest BCUT2D eigenvalue weighted by atomic mass is 9.87. The quantitative estimate of drug-likeness (QED) is 0.841. The van der Waals surface area contributed by atoms with Crippen LogP contribution in [0.5, 0.6) is 5.75 Å². The van der Waals surface area contributed by atoms with Gasteiger partial charge in [-0.05, 0) is 24.6 Å². The van der Waals surface area contributed by atoms with E-state index >= 15 is 0 Å². The van der Waals surface area contributed by atoms with Gasteiger partial charge in [0.1, 0.15) is 11.4 Å². The summed E-state index contributed by atoms with van der Waals surface area (Å²) < 4.78 is 0. The number of nitrogens with zero attached hydrogens (tertiary/aromatic N) is 2. The maximum absolute atomic E-state index is 11.8. The average molecular weight is 377 g/mol. The summed E-state index contributed by atoms with van der Waals surface area (Å²) in [6.45, 7) is 5.10. The first-order valence-corrected chi connectivity index (χ1v) is 9.93. The van der Waals surface area contributed by atoms with Crippen molar-refractivity contribution in [3.05, 3.63) is 65.2 Å². The van der Waals surface area contributed by atoms with Crippen molar-refractivity contribution in [1.29, 1.82) is 0 Å². The van der Waals surface area contributed by atoms with Crippen LogP contribution in [0.25, 0.3) is 0 Å². The molecule has 2 heterocycles. The number of carbonyl (C=O) groups excluding carboxylic acids is 1. The first-order valence-electron chi connectivity index (χ1n) is 9.93. The number of amides is 1. The van der Waals surface area contributed by atoms with E-state index in [0.29, 0.717) is 13.1 Å². The van der Waals surface area contributed by atoms with Crippen LogP contribution in [0, 0.1) is 6.92 Å². The molecule has 2 aliphatic heterocycles. The smallest absolute Gasteiger partial charge is 0.219 e. The lowest BCUT2D eigenvalue weighted by Gasteiger charge is -2.45. The second-order valence-electron chi connectivity index (χ2n) is 7.93. The van der Waals surface area contributed by atoms with Crippen LogP contribution in [0.4, 0.5) is 0 Å². The summed E-state index contributed by atoms with van der Waals surface area (Å²) in [5.41, 5.74) is 3.78. The third-order valence-corrected chi connectivity index (χ3v) is 5.92. The first kappa shape index (κ1) is 18.7. The van der Waals surface area contributed by atoms with Gasteiger partial charge in [0.15, 0.2) is 0 Å². The fourth-order valence-electron chi connectivity index (χ4n) is 4.24. The molecule has 2 aromatic carbocycles. The fourth-order valence-corrected chi connectivity index (χ4v) is 4.24. The Balaban J connectivity index is 1.70. The number of nitrogens with one attached hydrogen (secondary N) is 1. The predicted octanol–water partition coefficient (Wildman–Crippen LogP) is 3.56. The minimum absolute atomic E-state index is 0.116. The molecule has 146 valence electrons. The van der Waals surface area contributed by atoms with Gasteiger partial charge in [-0.3, -0.25) is 15.1 Å². The van der Waals surface area contributed by atoms with Crippen molar-refractivity contribution in [1.82, 2.24) is 10.2 Å². The maximum atomic E-state index is 11.8. The summed E-state index contributed by atoms with van der Waals surface area (Å²) in [7, 11) is 0. The van der Waals surface area contributed by atoms with Gasteiger partial charge in [0, 0.05) is 56.6 Å². The average Bonchev–Trinajstić information content (AvgIpc) is 2.69. The third kappa shape index (κ3) is 3.67. The summed E-state index contributed by atoms with van der Waals surface area (Å²) >= 11 is 0. The Morgan fingerprint density at radius 1 is 1.14 bits per heavy atom. The number of aliphatic imine (C=N–C) groups is 1. The number of benzene rings is 2. The molecule has 0 aliphatic carbocycles. The van der Waals surface area contributed by atoms with E-state index in [2.05, 4.69) is 36.5 Å². The van der Waals surface area contributed by atoms with E-state index in [4.69, 9.17) is 4.99 Å². The van der Waals surface area contributed by atoms with E-state index in [1.165, 1.54) is 11.1 Å². The molecule has 1 saturated heterocycles. The zero-order valence-electron chi connectivity index (χ0n) is 16.5. The van der Waals surface area contributed by atoms with Crippen molar-refractivity contribution >= 4 is 11.6 Å². The van der Waals surface area contributed by atoms with Crippen molar-refractivity contribution < 1.29 is 9.90 Å². The van der Waals surface area contributed by atoms with Crippen molar-refractivity contribution in [3.8, 4) is 5.75 Å². The second-order valence-corrected chi connectivity index (χ2v) is 7.93. The number of hydrogen-bond acceptors (Lipinski definition) is 4. The number of para-hydroxylation sites is 1. The van der Waals surface area contributed by atoms with Crippen LogP contribution in [0.1, 0.15) is 48.9 Å². The molecule has 1 atom stereocenters. The molecule has 1 amide bonds. The minimum Gasteiger partial charge on any atom is -0.507 e. The number of phenolic OH excluding ortho intramolecular Hbond substituents is 1. The lowest BCUT2D eigenvalue weighted by Crippen LogP contribution is -2.56. The molecule has 28 heavy (non-hydrogen) atoms. The number of phenols is 1. The lowest BCUT2D eigenvalue weighted by molar-refractivity contribution is -0.130. The van der Waals surface area contributed by atoms with Crippen LogP contribution in [-0.2, 0) is 4.79 Å². The highest BCUT2D eigenvalue weighted by Crippen LogP contribution is 2.36. The zero-order chi connectivity index (χ0) is 19.7. The Bertz CT molecular complexity index is 896. The highest BCUT2D eigenvalue weighted by molar-refractivity contribution is 6.03. The van der Waals surface area contributed by atoms with Gasteiger partial charge in [-0.1, -0.05) is 42.0 Å². The topological polar surface area (TPSA) is 64.9 Å². The standard InChI is InChI=1S/C23H27N3O2/c1-16-7-9-18(10-8-16)20-15-21(19-5-3-4-6-22(19)28)25-23(24-20)11-13-26(14-12-23)17(2)27/h3-10,20,24,28H,11-15H2,1-2H3/t20-/m0/s1. The summed E-state index contributed by atoms with van der Waals surface area (Å²) in [6, 6.07) is 16.1. The molecule has 2 aromatic rings. The van der Waals surface area contributed by atoms with Crippen LogP contribution >= 0.6 is 0 Å². The van der Waals surface area contributed by atoms with Gasteiger partial charge in [0.25, 0.3) is 0 Å². The highest BCUT2D eigenvalue weighted by atomic mass is 16.3. The molecule has 5 nitrogen and oxygen atoms in total. The molecule has 5 heteroatoms. The number of likely N-dealkylation sites (tertiary alicyclic amines) is 1. The predicted molar refractivity (Wildman–Crippen MR) is 111 cm³/mol. The van der Waals surface area contributed by atoms with Crippen molar-refractivity contribution in [2.75, 3.05) is 13.1 Å². The zero-order valence-corrected chi connectivity index (χ0v) is 16.5. The number of piperidine rings is 1. The fraction of sp³-hybridized carbons (Fsp3) is 0.391. The Morgan fingerprint density at radius 2 is 1.82 bits per heavy atom. The van der Waals surface area contributed by atoms with Crippen LogP contribution in [0.3, 0.4) is 0 Å². The number of hydrogen-bond donors (Lipinski definition) is 2. The molecule has 0 aromatic heterocycles. The maximum Gasteiger partial charge on any atom is 0.219 e. The Kier molecular flexibility index (Phi) is 4.94. The summed E-state index contributed by atoms with van der Waals surface area (Å²) in [4.78, 5) is 18.7. The van der Waals surface area contributed by atoms with Gasteiger partial charge in [0.05, 0.1) is 0 Å². The van der Waals surface area contributed by atoms with Crippen LogP contribution < -0.4 is 5.32 Å². The SMILES string of the molecule is CC(=O)N1CCC2(CC1)N=C(c1ccccc1O)C[C@@H](c1ccc(C)cc1)N2. The first-order chi connectivity index (χ1) is 13.5. The molecule has 2 aliphatic rings. The molecular weight excluding hydrogens is 350 g/mol. The van der Waals surface area contributed by atoms with Gasteiger partial charge < -0.3 is 10.0 Å². The van der Waals surface area contributed by atoms with Gasteiger partial charge in [-0.15, -0.1) is 0 Å². The Hall–Kier alpha value is -2.66. The van der Waals surface area contributed by atoms with Crippen LogP contribution in [0.15, 0.2) is 53.5 Å². The molecule has 0 unspecified atom stereocenters. The Labute approximate surface area is 166 Å². The van der Waals surface area contributed by atoms with E-state index in [1.54, 1.807) is 13.0 Å². The highest BCUT2D eigenvalue weighted by Gasteiger charge is 2.40. The number of rotatable bonds is 2. The molecule has 1 fully saturated rings. The number of aryl methyl sites for hydroxylation is 1. The molecular formula is C23H27N3O2. The molecule has 0 bridgehead atoms. The van der Waals surface area contributed by atoms with E-state index < -0.39 is 5.66 Å². The normalized spacial score (nSPS) is 21.4. The van der Waals surface area contributed by atoms with Crippen molar-refractivity contribution in [2.45, 2.75) is 44.8 Å². The van der Waals surface area contributed by atoms with E-state index in [0.717, 1.165) is 30.5 Å². The van der Waals surface area contributed by atoms with E-state index in [9.17, 15) is 9.90 Å². The summed E-state index contributed by atoms with van der Waals surface area (Å²) in [6.07, 6.45) is 2.26. The third-order valence-electron chi connectivity index (χ3n) is 5.92. The Morgan fingerprint density at radius 3 is 2.46 bits per heavy atom. The number of carbonyl (C=O) groups is 1. The van der Waals surface area contributed by atoms with E-state index in [1.807, 2.05) is 23.1 Å². The molecule has 0 saturated carbocycles. The molecule has 1 spiro atoms. The van der Waals surface area contributed by atoms with Crippen LogP contribution in [0.2, 0.25) is 0 Å². The molecule has 4 rings (SSSR count). The monoisotopic (exact) mass is 377 g/mol. The van der Waals surface area contributed by atoms with Crippen molar-refractivity contribution in [2.24, 2.45) is 4.99 Å². The number of aromatic hydroxyl groups is 1. The molecule has 2 N–H and O–H groups in total. The van der Waals surface area contributed by atoms with Crippen molar-refractivity contribution in [3.63, 3.8) is 0 Å². The van der Waals surface area contributed by atoms with Gasteiger partial charge in [-0.25, -0.2) is 0 Å². The van der Waals surface area contributed by atoms with Gasteiger partial charge >= 0.3 is 0 Å². The minimum atomic E-state index is -0.405. The second kappa shape index (κ2) is 7.40. The summed E-state index contributed by atoms with van der Waals surface area (Å²) in [5.74, 6) is 0.382.